The first-order valence-corrected chi connectivity index (χ1v) is 6.52. The van der Waals surface area contributed by atoms with Crippen LogP contribution < -0.4 is 0 Å². The average Bonchev–Trinajstić information content (AvgIpc) is 2.67. The molecular weight excluding hydrogens is 273 g/mol. The second kappa shape index (κ2) is 5.43. The highest BCUT2D eigenvalue weighted by molar-refractivity contribution is 6.31. The van der Waals surface area contributed by atoms with E-state index in [0.717, 1.165) is 17.0 Å². The Balaban J connectivity index is 2.62. The Kier molecular flexibility index (Phi) is 4.10. The molecule has 6 heteroatoms. The summed E-state index contributed by atoms with van der Waals surface area (Å²) < 4.78 is 7.20. The maximum Gasteiger partial charge on any atom is 0.160 e. The lowest BCUT2D eigenvalue weighted by atomic mass is 10.3. The second-order valence-corrected chi connectivity index (χ2v) is 5.35. The second-order valence-electron chi connectivity index (χ2n) is 4.26. The van der Waals surface area contributed by atoms with E-state index in [0.29, 0.717) is 11.6 Å². The van der Waals surface area contributed by atoms with E-state index in [4.69, 9.17) is 27.9 Å². The van der Waals surface area contributed by atoms with Gasteiger partial charge < -0.3 is 9.30 Å². The first-order chi connectivity index (χ1) is 8.54. The lowest BCUT2D eigenvalue weighted by Gasteiger charge is -2.17. The molecule has 0 spiro atoms. The van der Waals surface area contributed by atoms with Crippen molar-refractivity contribution in [3.8, 4) is 0 Å². The van der Waals surface area contributed by atoms with Crippen molar-refractivity contribution in [2.24, 2.45) is 0 Å². The molecule has 0 fully saturated rings. The Morgan fingerprint density at radius 3 is 2.78 bits per heavy atom. The van der Waals surface area contributed by atoms with Crippen LogP contribution in [0.4, 0.5) is 0 Å². The van der Waals surface area contributed by atoms with Crippen molar-refractivity contribution in [1.29, 1.82) is 0 Å². The smallest absolute Gasteiger partial charge is 0.160 e. The number of alkyl halides is 1. The van der Waals surface area contributed by atoms with Crippen LogP contribution in [0.25, 0.3) is 11.2 Å². The van der Waals surface area contributed by atoms with Crippen LogP contribution >= 0.6 is 23.2 Å². The highest BCUT2D eigenvalue weighted by Crippen LogP contribution is 2.28. The van der Waals surface area contributed by atoms with Gasteiger partial charge in [-0.3, -0.25) is 0 Å². The lowest BCUT2D eigenvalue weighted by molar-refractivity contribution is 0.162. The number of hydrogen-bond donors (Lipinski definition) is 0. The van der Waals surface area contributed by atoms with Gasteiger partial charge in [-0.15, -0.1) is 11.6 Å². The van der Waals surface area contributed by atoms with Gasteiger partial charge in [-0.2, -0.15) is 0 Å². The summed E-state index contributed by atoms with van der Waals surface area (Å²) in [5.74, 6) is 0.783. The predicted molar refractivity (Wildman–Crippen MR) is 73.4 cm³/mol. The summed E-state index contributed by atoms with van der Waals surface area (Å²) in [6.45, 7) is 4.51. The molecule has 2 aromatic rings. The minimum Gasteiger partial charge on any atom is -0.383 e. The first-order valence-electron chi connectivity index (χ1n) is 5.71. The molecule has 2 atom stereocenters. The van der Waals surface area contributed by atoms with E-state index in [1.165, 1.54) is 0 Å². The number of fused-ring (bicyclic) bond motifs is 1. The van der Waals surface area contributed by atoms with Gasteiger partial charge in [-0.05, 0) is 19.9 Å². The van der Waals surface area contributed by atoms with Crippen LogP contribution in [-0.2, 0) is 4.74 Å². The fourth-order valence-corrected chi connectivity index (χ4v) is 2.31. The van der Waals surface area contributed by atoms with Gasteiger partial charge in [0.15, 0.2) is 5.65 Å². The van der Waals surface area contributed by atoms with Crippen molar-refractivity contribution in [3.05, 3.63) is 23.1 Å². The summed E-state index contributed by atoms with van der Waals surface area (Å²) in [4.78, 5) is 8.85. The Hall–Kier alpha value is -0.840. The zero-order valence-electron chi connectivity index (χ0n) is 10.5. The molecule has 0 saturated heterocycles. The quantitative estimate of drug-likeness (QED) is 0.807. The van der Waals surface area contributed by atoms with Crippen LogP contribution in [0.1, 0.15) is 31.1 Å². The summed E-state index contributed by atoms with van der Waals surface area (Å²) >= 11 is 12.1. The molecular formula is C12H15Cl2N3O. The third-order valence-corrected chi connectivity index (χ3v) is 3.13. The summed E-state index contributed by atoms with van der Waals surface area (Å²) in [6.07, 6.45) is 1.62. The van der Waals surface area contributed by atoms with Crippen LogP contribution in [0.2, 0.25) is 5.02 Å². The molecule has 2 aromatic heterocycles. The molecule has 0 aliphatic rings. The summed E-state index contributed by atoms with van der Waals surface area (Å²) in [6, 6.07) is 1.91. The Labute approximate surface area is 116 Å². The first kappa shape index (κ1) is 13.6. The molecule has 18 heavy (non-hydrogen) atoms. The number of pyridine rings is 1. The normalized spacial score (nSPS) is 14.9. The minimum absolute atomic E-state index is 0.116. The van der Waals surface area contributed by atoms with Crippen LogP contribution in [0.5, 0.6) is 0 Å². The van der Waals surface area contributed by atoms with Gasteiger partial charge in [0.1, 0.15) is 11.3 Å². The zero-order chi connectivity index (χ0) is 13.3. The fourth-order valence-electron chi connectivity index (χ4n) is 2.01. The van der Waals surface area contributed by atoms with Crippen molar-refractivity contribution in [3.63, 3.8) is 0 Å². The van der Waals surface area contributed by atoms with Crippen LogP contribution in [0.15, 0.2) is 12.3 Å². The molecule has 4 nitrogen and oxygen atoms in total. The topological polar surface area (TPSA) is 39.9 Å². The van der Waals surface area contributed by atoms with Crippen molar-refractivity contribution in [2.45, 2.75) is 25.3 Å². The zero-order valence-corrected chi connectivity index (χ0v) is 12.0. The minimum atomic E-state index is -0.197. The van der Waals surface area contributed by atoms with Crippen LogP contribution in [0, 0.1) is 0 Å². The number of aromatic nitrogens is 3. The third kappa shape index (κ3) is 2.46. The van der Waals surface area contributed by atoms with E-state index in [1.807, 2.05) is 18.4 Å². The Morgan fingerprint density at radius 1 is 1.44 bits per heavy atom. The fraction of sp³-hybridized carbons (Fsp3) is 0.500. The van der Waals surface area contributed by atoms with Gasteiger partial charge in [0.05, 0.1) is 23.0 Å². The Morgan fingerprint density at radius 2 is 2.17 bits per heavy atom. The molecule has 98 valence electrons. The Bertz CT molecular complexity index is 553. The summed E-state index contributed by atoms with van der Waals surface area (Å²) in [7, 11) is 1.67. The van der Waals surface area contributed by atoms with Gasteiger partial charge in [0.25, 0.3) is 0 Å². The number of methoxy groups -OCH3 is 1. The number of halogens is 2. The summed E-state index contributed by atoms with van der Waals surface area (Å²) in [5.41, 5.74) is 1.54. The van der Waals surface area contributed by atoms with Crippen molar-refractivity contribution >= 4 is 34.4 Å². The SMILES string of the molecule is COCC(C)n1c(C(C)Cl)nc2cc(Cl)cnc21. The maximum atomic E-state index is 6.18. The van der Waals surface area contributed by atoms with Crippen molar-refractivity contribution in [1.82, 2.24) is 14.5 Å². The molecule has 0 saturated carbocycles. The standard InChI is InChI=1S/C12H15Cl2N3O/c1-7(6-18-3)17-11(8(2)13)16-10-4-9(14)5-15-12(10)17/h4-5,7-8H,6H2,1-3H3. The van der Waals surface area contributed by atoms with Gasteiger partial charge in [0, 0.05) is 13.3 Å². The molecule has 0 radical (unpaired) electrons. The molecule has 0 aliphatic carbocycles. The molecule has 0 N–H and O–H groups in total. The lowest BCUT2D eigenvalue weighted by Crippen LogP contribution is -2.15. The molecule has 0 bridgehead atoms. The number of ether oxygens (including phenoxy) is 1. The van der Waals surface area contributed by atoms with Crippen molar-refractivity contribution < 1.29 is 4.74 Å². The highest BCUT2D eigenvalue weighted by Gasteiger charge is 2.20. The monoisotopic (exact) mass is 287 g/mol. The molecule has 2 rings (SSSR count). The summed E-state index contributed by atoms with van der Waals surface area (Å²) in [5, 5.41) is 0.373. The highest BCUT2D eigenvalue weighted by atomic mass is 35.5. The third-order valence-electron chi connectivity index (χ3n) is 2.73. The molecule has 2 heterocycles. The predicted octanol–water partition coefficient (Wildman–Crippen LogP) is 3.59. The number of nitrogens with zero attached hydrogens (tertiary/aromatic N) is 3. The van der Waals surface area contributed by atoms with E-state index >= 15 is 0 Å². The van der Waals surface area contributed by atoms with E-state index in [-0.39, 0.29) is 11.4 Å². The average molecular weight is 288 g/mol. The number of imidazole rings is 1. The van der Waals surface area contributed by atoms with E-state index < -0.39 is 0 Å². The van der Waals surface area contributed by atoms with Crippen molar-refractivity contribution in [2.75, 3.05) is 13.7 Å². The molecule has 0 aromatic carbocycles. The van der Waals surface area contributed by atoms with Gasteiger partial charge in [-0.1, -0.05) is 11.6 Å². The van der Waals surface area contributed by atoms with Gasteiger partial charge >= 0.3 is 0 Å². The van der Waals surface area contributed by atoms with Crippen LogP contribution in [-0.4, -0.2) is 28.3 Å². The van der Waals surface area contributed by atoms with Gasteiger partial charge in [-0.25, -0.2) is 9.97 Å². The number of hydrogen-bond acceptors (Lipinski definition) is 3. The largest absolute Gasteiger partial charge is 0.383 e. The van der Waals surface area contributed by atoms with E-state index in [9.17, 15) is 0 Å². The van der Waals surface area contributed by atoms with E-state index in [2.05, 4.69) is 9.97 Å². The van der Waals surface area contributed by atoms with E-state index in [1.54, 1.807) is 19.4 Å². The number of rotatable bonds is 4. The molecule has 0 amide bonds. The maximum absolute atomic E-state index is 6.18. The van der Waals surface area contributed by atoms with Crippen LogP contribution in [0.3, 0.4) is 0 Å². The molecule has 0 aliphatic heterocycles. The molecule has 2 unspecified atom stereocenters. The van der Waals surface area contributed by atoms with Gasteiger partial charge in [0.2, 0.25) is 0 Å².